The van der Waals surface area contributed by atoms with Gasteiger partial charge < -0.3 is 24.6 Å². The number of aliphatic carboxylic acids is 1. The molecular formula is C27H37N3O6. The van der Waals surface area contributed by atoms with Crippen LogP contribution in [0.15, 0.2) is 36.4 Å². The van der Waals surface area contributed by atoms with Crippen LogP contribution in [0.1, 0.15) is 57.9 Å². The van der Waals surface area contributed by atoms with Gasteiger partial charge in [-0.25, -0.2) is 4.79 Å². The molecule has 0 radical (unpaired) electrons. The van der Waals surface area contributed by atoms with Crippen LogP contribution in [0.5, 0.6) is 11.8 Å². The summed E-state index contributed by atoms with van der Waals surface area (Å²) < 4.78 is 16.4. The summed E-state index contributed by atoms with van der Waals surface area (Å²) in [5, 5.41) is 12.4. The van der Waals surface area contributed by atoms with Crippen molar-refractivity contribution >= 4 is 23.4 Å². The van der Waals surface area contributed by atoms with E-state index in [9.17, 15) is 14.7 Å². The van der Waals surface area contributed by atoms with Crippen molar-refractivity contribution in [2.45, 2.75) is 64.5 Å². The van der Waals surface area contributed by atoms with Crippen LogP contribution in [0.4, 0.5) is 16.2 Å². The molecule has 0 bridgehead atoms. The van der Waals surface area contributed by atoms with Gasteiger partial charge in [-0.2, -0.15) is 4.98 Å². The molecule has 196 valence electrons. The Labute approximate surface area is 212 Å². The zero-order valence-electron chi connectivity index (χ0n) is 21.7. The Bertz CT molecular complexity index is 1040. The molecule has 36 heavy (non-hydrogen) atoms. The van der Waals surface area contributed by atoms with E-state index in [1.165, 1.54) is 7.11 Å². The molecule has 3 rings (SSSR count). The molecule has 1 aliphatic carbocycles. The first-order valence-electron chi connectivity index (χ1n) is 12.4. The summed E-state index contributed by atoms with van der Waals surface area (Å²) in [6.45, 7) is 6.38. The number of pyridine rings is 1. The maximum atomic E-state index is 13.9. The number of nitrogens with zero attached hydrogens (tertiary/aromatic N) is 2. The summed E-state index contributed by atoms with van der Waals surface area (Å²) in [5.41, 5.74) is 2.28. The first-order valence-corrected chi connectivity index (χ1v) is 12.4. The van der Waals surface area contributed by atoms with Crippen LogP contribution in [0, 0.1) is 5.92 Å². The van der Waals surface area contributed by atoms with E-state index in [4.69, 9.17) is 14.2 Å². The van der Waals surface area contributed by atoms with Gasteiger partial charge in [0.2, 0.25) is 11.8 Å². The maximum absolute atomic E-state index is 13.9. The highest BCUT2D eigenvalue weighted by atomic mass is 16.5. The highest BCUT2D eigenvalue weighted by Gasteiger charge is 2.34. The SMILES string of the molecule is COCC(C)Oc1nc(OC)ccc1NC(=O)N(c1ccccc1C(C)C)C1CCC(C(=O)O)CC1. The van der Waals surface area contributed by atoms with Crippen molar-refractivity contribution in [3.63, 3.8) is 0 Å². The molecule has 1 atom stereocenters. The van der Waals surface area contributed by atoms with Crippen LogP contribution in [0.3, 0.4) is 0 Å². The normalized spacial score (nSPS) is 18.4. The van der Waals surface area contributed by atoms with E-state index in [0.717, 1.165) is 11.3 Å². The molecule has 1 aliphatic rings. The topological polar surface area (TPSA) is 110 Å². The number of methoxy groups -OCH3 is 2. The largest absolute Gasteiger partial charge is 0.481 e. The van der Waals surface area contributed by atoms with Gasteiger partial charge in [0, 0.05) is 24.9 Å². The van der Waals surface area contributed by atoms with Gasteiger partial charge in [0.05, 0.1) is 19.6 Å². The van der Waals surface area contributed by atoms with Crippen molar-refractivity contribution in [3.8, 4) is 11.8 Å². The minimum atomic E-state index is -0.775. The molecule has 1 heterocycles. The number of anilines is 2. The Morgan fingerprint density at radius 3 is 2.39 bits per heavy atom. The first-order chi connectivity index (χ1) is 17.2. The van der Waals surface area contributed by atoms with Crippen LogP contribution >= 0.6 is 0 Å². The van der Waals surface area contributed by atoms with Crippen LogP contribution < -0.4 is 19.7 Å². The molecule has 2 N–H and O–H groups in total. The quantitative estimate of drug-likeness (QED) is 0.456. The van der Waals surface area contributed by atoms with E-state index in [1.807, 2.05) is 31.2 Å². The van der Waals surface area contributed by atoms with Gasteiger partial charge in [0.25, 0.3) is 0 Å². The Morgan fingerprint density at radius 1 is 1.08 bits per heavy atom. The van der Waals surface area contributed by atoms with E-state index in [-0.39, 0.29) is 35.9 Å². The Hall–Kier alpha value is -3.33. The molecule has 1 aromatic heterocycles. The second-order valence-corrected chi connectivity index (χ2v) is 9.45. The van der Waals surface area contributed by atoms with Gasteiger partial charge in [-0.3, -0.25) is 9.69 Å². The third-order valence-corrected chi connectivity index (χ3v) is 6.45. The van der Waals surface area contributed by atoms with Crippen molar-refractivity contribution in [3.05, 3.63) is 42.0 Å². The number of carbonyl (C=O) groups excluding carboxylic acids is 1. The van der Waals surface area contributed by atoms with Gasteiger partial charge >= 0.3 is 12.0 Å². The third kappa shape index (κ3) is 6.66. The van der Waals surface area contributed by atoms with Crippen molar-refractivity contribution in [2.24, 2.45) is 5.92 Å². The lowest BCUT2D eigenvalue weighted by Crippen LogP contribution is -2.46. The molecule has 9 heteroatoms. The number of carbonyl (C=O) groups is 2. The van der Waals surface area contributed by atoms with E-state index in [1.54, 1.807) is 24.1 Å². The lowest BCUT2D eigenvalue weighted by atomic mass is 9.85. The average molecular weight is 500 g/mol. The molecule has 9 nitrogen and oxygen atoms in total. The minimum Gasteiger partial charge on any atom is -0.481 e. The fourth-order valence-corrected chi connectivity index (χ4v) is 4.60. The van der Waals surface area contributed by atoms with Crippen molar-refractivity contribution < 1.29 is 28.9 Å². The van der Waals surface area contributed by atoms with Gasteiger partial charge in [-0.15, -0.1) is 0 Å². The molecule has 0 saturated heterocycles. The molecule has 0 aliphatic heterocycles. The summed E-state index contributed by atoms with van der Waals surface area (Å²) in [7, 11) is 3.10. The number of ether oxygens (including phenoxy) is 3. The number of rotatable bonds is 10. The zero-order valence-corrected chi connectivity index (χ0v) is 21.7. The molecular weight excluding hydrogens is 462 g/mol. The minimum absolute atomic E-state index is 0.136. The first kappa shape index (κ1) is 27.3. The van der Waals surface area contributed by atoms with Crippen LogP contribution in [0.25, 0.3) is 0 Å². The lowest BCUT2D eigenvalue weighted by molar-refractivity contribution is -0.142. The average Bonchev–Trinajstić information content (AvgIpc) is 2.86. The van der Waals surface area contributed by atoms with Gasteiger partial charge in [0.15, 0.2) is 0 Å². The summed E-state index contributed by atoms with van der Waals surface area (Å²) in [6.07, 6.45) is 1.97. The number of aromatic nitrogens is 1. The number of urea groups is 1. The number of carboxylic acid groups (broad SMARTS) is 1. The third-order valence-electron chi connectivity index (χ3n) is 6.45. The van der Waals surface area contributed by atoms with Gasteiger partial charge in [-0.05, 0) is 56.2 Å². The van der Waals surface area contributed by atoms with E-state index in [2.05, 4.69) is 24.1 Å². The molecule has 1 fully saturated rings. The predicted molar refractivity (Wildman–Crippen MR) is 138 cm³/mol. The van der Waals surface area contributed by atoms with Crippen molar-refractivity contribution in [2.75, 3.05) is 31.0 Å². The number of hydrogen-bond donors (Lipinski definition) is 2. The molecule has 2 aromatic rings. The lowest BCUT2D eigenvalue weighted by Gasteiger charge is -2.37. The molecule has 1 aromatic carbocycles. The Balaban J connectivity index is 1.95. The fourth-order valence-electron chi connectivity index (χ4n) is 4.60. The molecule has 0 spiro atoms. The van der Waals surface area contributed by atoms with E-state index in [0.29, 0.717) is 43.9 Å². The number of nitrogens with one attached hydrogen (secondary N) is 1. The van der Waals surface area contributed by atoms with E-state index >= 15 is 0 Å². The van der Waals surface area contributed by atoms with Crippen molar-refractivity contribution in [1.29, 1.82) is 0 Å². The monoisotopic (exact) mass is 499 g/mol. The fraction of sp³-hybridized carbons (Fsp3) is 0.519. The maximum Gasteiger partial charge on any atom is 0.326 e. The van der Waals surface area contributed by atoms with E-state index < -0.39 is 5.97 Å². The number of benzene rings is 1. The second-order valence-electron chi connectivity index (χ2n) is 9.45. The number of hydrogen-bond acceptors (Lipinski definition) is 6. The summed E-state index contributed by atoms with van der Waals surface area (Å²) in [5.74, 6) is -0.355. The molecule has 2 amide bonds. The standard InChI is InChI=1S/C27H37N3O6/c1-17(2)21-8-6-7-9-23(21)30(20-12-10-19(11-13-20)26(31)32)27(33)28-22-14-15-24(35-5)29-25(22)36-18(3)16-34-4/h6-9,14-15,17-20H,10-13,16H2,1-5H3,(H,28,33)(H,31,32). The Morgan fingerprint density at radius 2 is 1.78 bits per heavy atom. The van der Waals surface area contributed by atoms with Crippen LogP contribution in [-0.4, -0.2) is 55.1 Å². The number of para-hydroxylation sites is 1. The van der Waals surface area contributed by atoms with Gasteiger partial charge in [-0.1, -0.05) is 32.0 Å². The predicted octanol–water partition coefficient (Wildman–Crippen LogP) is 5.31. The summed E-state index contributed by atoms with van der Waals surface area (Å²) in [4.78, 5) is 31.6. The number of carboxylic acids is 1. The molecule has 1 saturated carbocycles. The van der Waals surface area contributed by atoms with Crippen LogP contribution in [0.2, 0.25) is 0 Å². The highest BCUT2D eigenvalue weighted by molar-refractivity contribution is 6.03. The molecule has 1 unspecified atom stereocenters. The second kappa shape index (κ2) is 12.6. The smallest absolute Gasteiger partial charge is 0.326 e. The van der Waals surface area contributed by atoms with Gasteiger partial charge in [0.1, 0.15) is 11.8 Å². The van der Waals surface area contributed by atoms with Crippen molar-refractivity contribution in [1.82, 2.24) is 4.98 Å². The zero-order chi connectivity index (χ0) is 26.2. The Kier molecular flexibility index (Phi) is 9.52. The summed E-state index contributed by atoms with van der Waals surface area (Å²) >= 11 is 0. The highest BCUT2D eigenvalue weighted by Crippen LogP contribution is 2.36. The van der Waals surface area contributed by atoms with Crippen LogP contribution in [-0.2, 0) is 9.53 Å². The number of amides is 2. The summed E-state index contributed by atoms with van der Waals surface area (Å²) in [6, 6.07) is 10.8.